The van der Waals surface area contributed by atoms with Crippen molar-refractivity contribution in [2.75, 3.05) is 6.54 Å². The Bertz CT molecular complexity index is 674. The van der Waals surface area contributed by atoms with Gasteiger partial charge in [-0.3, -0.25) is 9.59 Å². The Morgan fingerprint density at radius 1 is 1.00 bits per heavy atom. The van der Waals surface area contributed by atoms with Crippen molar-refractivity contribution in [1.29, 1.82) is 0 Å². The molecule has 0 radical (unpaired) electrons. The minimum atomic E-state index is -0.291. The van der Waals surface area contributed by atoms with E-state index in [0.717, 1.165) is 25.7 Å². The second-order valence-electron chi connectivity index (χ2n) is 6.51. The van der Waals surface area contributed by atoms with Crippen LogP contribution in [0.15, 0.2) is 53.1 Å². The summed E-state index contributed by atoms with van der Waals surface area (Å²) in [7, 11) is 0. The van der Waals surface area contributed by atoms with Gasteiger partial charge in [0.1, 0.15) is 0 Å². The number of amides is 2. The van der Waals surface area contributed by atoms with Crippen molar-refractivity contribution in [3.05, 3.63) is 60.1 Å². The molecule has 1 aliphatic carbocycles. The van der Waals surface area contributed by atoms with Gasteiger partial charge in [-0.25, -0.2) is 0 Å². The van der Waals surface area contributed by atoms with Crippen molar-refractivity contribution >= 4 is 11.8 Å². The van der Waals surface area contributed by atoms with Crippen molar-refractivity contribution in [3.63, 3.8) is 0 Å². The molecule has 5 nitrogen and oxygen atoms in total. The highest BCUT2D eigenvalue weighted by atomic mass is 16.3. The molecule has 1 aromatic carbocycles. The third-order valence-electron chi connectivity index (χ3n) is 4.75. The van der Waals surface area contributed by atoms with Crippen molar-refractivity contribution in [2.24, 2.45) is 0 Å². The van der Waals surface area contributed by atoms with Crippen molar-refractivity contribution < 1.29 is 14.0 Å². The van der Waals surface area contributed by atoms with Crippen LogP contribution in [-0.4, -0.2) is 24.4 Å². The first-order chi connectivity index (χ1) is 12.2. The third kappa shape index (κ3) is 4.95. The lowest BCUT2D eigenvalue weighted by Gasteiger charge is -2.29. The largest absolute Gasteiger partial charge is 0.459 e. The van der Waals surface area contributed by atoms with Gasteiger partial charge in [-0.15, -0.1) is 0 Å². The van der Waals surface area contributed by atoms with Crippen LogP contribution in [0.25, 0.3) is 0 Å². The van der Waals surface area contributed by atoms with Crippen molar-refractivity contribution in [1.82, 2.24) is 10.6 Å². The highest BCUT2D eigenvalue weighted by Gasteiger charge is 2.23. The maximum Gasteiger partial charge on any atom is 0.286 e. The van der Waals surface area contributed by atoms with Crippen molar-refractivity contribution in [2.45, 2.75) is 44.1 Å². The number of rotatable bonds is 6. The summed E-state index contributed by atoms with van der Waals surface area (Å²) in [5.74, 6) is 0.561. The van der Waals surface area contributed by atoms with Crippen LogP contribution >= 0.6 is 0 Å². The summed E-state index contributed by atoms with van der Waals surface area (Å²) in [5, 5.41) is 5.77. The minimum Gasteiger partial charge on any atom is -0.459 e. The molecule has 0 unspecified atom stereocenters. The lowest BCUT2D eigenvalue weighted by Crippen LogP contribution is -2.39. The van der Waals surface area contributed by atoms with E-state index in [1.165, 1.54) is 11.8 Å². The first kappa shape index (κ1) is 17.3. The molecule has 0 atom stereocenters. The number of benzene rings is 1. The predicted octanol–water partition coefficient (Wildman–Crippen LogP) is 3.24. The van der Waals surface area contributed by atoms with E-state index in [0.29, 0.717) is 12.5 Å². The van der Waals surface area contributed by atoms with E-state index in [-0.39, 0.29) is 30.0 Å². The molecule has 2 amide bonds. The van der Waals surface area contributed by atoms with Crippen LogP contribution < -0.4 is 10.6 Å². The molecule has 0 aliphatic heterocycles. The summed E-state index contributed by atoms with van der Waals surface area (Å²) in [5.41, 5.74) is 1.40. The van der Waals surface area contributed by atoms with Crippen LogP contribution in [0.3, 0.4) is 0 Å². The molecule has 1 aliphatic rings. The first-order valence-corrected chi connectivity index (χ1v) is 8.88. The van der Waals surface area contributed by atoms with Crippen LogP contribution in [-0.2, 0) is 4.79 Å². The van der Waals surface area contributed by atoms with Gasteiger partial charge in [-0.05, 0) is 49.3 Å². The number of hydrogen-bond acceptors (Lipinski definition) is 3. The Morgan fingerprint density at radius 2 is 1.76 bits per heavy atom. The lowest BCUT2D eigenvalue weighted by atomic mass is 9.82. The Morgan fingerprint density at radius 3 is 2.44 bits per heavy atom. The monoisotopic (exact) mass is 340 g/mol. The highest BCUT2D eigenvalue weighted by Crippen LogP contribution is 2.32. The number of nitrogens with one attached hydrogen (secondary N) is 2. The standard InChI is InChI=1S/C20H24N2O3/c23-19(12-13-21-20(24)18-7-4-14-25-18)22-17-10-8-16(9-11-17)15-5-2-1-3-6-15/h1-7,14,16-17H,8-13H2,(H,21,24)(H,22,23). The van der Waals surface area contributed by atoms with Crippen LogP contribution in [0.2, 0.25) is 0 Å². The number of hydrogen-bond donors (Lipinski definition) is 2. The average Bonchev–Trinajstić information content (AvgIpc) is 3.18. The SMILES string of the molecule is O=C(CCNC(=O)c1ccco1)NC1CCC(c2ccccc2)CC1. The average molecular weight is 340 g/mol. The third-order valence-corrected chi connectivity index (χ3v) is 4.75. The summed E-state index contributed by atoms with van der Waals surface area (Å²) in [4.78, 5) is 23.8. The van der Waals surface area contributed by atoms with E-state index in [4.69, 9.17) is 4.42 Å². The highest BCUT2D eigenvalue weighted by molar-refractivity contribution is 5.91. The maximum atomic E-state index is 12.0. The molecule has 0 bridgehead atoms. The van der Waals surface area contributed by atoms with E-state index in [1.807, 2.05) is 6.07 Å². The summed E-state index contributed by atoms with van der Waals surface area (Å²) < 4.78 is 5.01. The van der Waals surface area contributed by atoms with Gasteiger partial charge in [-0.2, -0.15) is 0 Å². The smallest absolute Gasteiger partial charge is 0.286 e. The first-order valence-electron chi connectivity index (χ1n) is 8.88. The second-order valence-corrected chi connectivity index (χ2v) is 6.51. The molecule has 0 saturated heterocycles. The fourth-order valence-electron chi connectivity index (χ4n) is 3.38. The molecule has 0 spiro atoms. The van der Waals surface area contributed by atoms with Gasteiger partial charge in [0.05, 0.1) is 6.26 Å². The molecule has 1 heterocycles. The number of carbonyl (C=O) groups is 2. The predicted molar refractivity (Wildman–Crippen MR) is 95.2 cm³/mol. The summed E-state index contributed by atoms with van der Waals surface area (Å²) in [6.45, 7) is 0.310. The molecule has 1 fully saturated rings. The normalized spacial score (nSPS) is 20.0. The van der Waals surface area contributed by atoms with E-state index in [2.05, 4.69) is 34.9 Å². The minimum absolute atomic E-state index is 0.0112. The van der Waals surface area contributed by atoms with E-state index in [1.54, 1.807) is 12.1 Å². The molecule has 2 N–H and O–H groups in total. The van der Waals surface area contributed by atoms with Gasteiger partial charge < -0.3 is 15.1 Å². The van der Waals surface area contributed by atoms with Crippen LogP contribution in [0, 0.1) is 0 Å². The quantitative estimate of drug-likeness (QED) is 0.848. The van der Waals surface area contributed by atoms with Crippen LogP contribution in [0.4, 0.5) is 0 Å². The zero-order valence-corrected chi connectivity index (χ0v) is 14.2. The van der Waals surface area contributed by atoms with Gasteiger partial charge in [0.2, 0.25) is 5.91 Å². The molecule has 5 heteroatoms. The molecular weight excluding hydrogens is 316 g/mol. The van der Waals surface area contributed by atoms with Crippen molar-refractivity contribution in [3.8, 4) is 0 Å². The molecule has 25 heavy (non-hydrogen) atoms. The summed E-state index contributed by atoms with van der Waals surface area (Å²) in [6.07, 6.45) is 5.95. The number of carbonyl (C=O) groups excluding carboxylic acids is 2. The lowest BCUT2D eigenvalue weighted by molar-refractivity contribution is -0.121. The van der Waals surface area contributed by atoms with Crippen LogP contribution in [0.5, 0.6) is 0 Å². The Balaban J connectivity index is 1.34. The van der Waals surface area contributed by atoms with Crippen LogP contribution in [0.1, 0.15) is 54.1 Å². The Kier molecular flexibility index (Phi) is 5.88. The zero-order valence-electron chi connectivity index (χ0n) is 14.2. The van der Waals surface area contributed by atoms with Gasteiger partial charge >= 0.3 is 0 Å². The maximum absolute atomic E-state index is 12.0. The molecule has 2 aromatic rings. The van der Waals surface area contributed by atoms with E-state index >= 15 is 0 Å². The van der Waals surface area contributed by atoms with E-state index < -0.39 is 0 Å². The molecule has 3 rings (SSSR count). The van der Waals surface area contributed by atoms with Gasteiger partial charge in [-0.1, -0.05) is 30.3 Å². The fraction of sp³-hybridized carbons (Fsp3) is 0.400. The van der Waals surface area contributed by atoms with Gasteiger partial charge in [0.25, 0.3) is 5.91 Å². The van der Waals surface area contributed by atoms with Gasteiger partial charge in [0, 0.05) is 19.0 Å². The summed E-state index contributed by atoms with van der Waals surface area (Å²) >= 11 is 0. The zero-order chi connectivity index (χ0) is 17.5. The molecule has 132 valence electrons. The number of furan rings is 1. The van der Waals surface area contributed by atoms with Gasteiger partial charge in [0.15, 0.2) is 5.76 Å². The topological polar surface area (TPSA) is 71.3 Å². The Hall–Kier alpha value is -2.56. The fourth-order valence-corrected chi connectivity index (χ4v) is 3.38. The Labute approximate surface area is 147 Å². The molecule has 1 saturated carbocycles. The molecular formula is C20H24N2O3. The summed E-state index contributed by atoms with van der Waals surface area (Å²) in [6, 6.07) is 14.1. The molecule has 1 aromatic heterocycles. The second kappa shape index (κ2) is 8.51. The van der Waals surface area contributed by atoms with E-state index in [9.17, 15) is 9.59 Å².